The Bertz CT molecular complexity index is 2490. The van der Waals surface area contributed by atoms with Gasteiger partial charge in [0.2, 0.25) is 0 Å². The molecule has 9 rings (SSSR count). The highest BCUT2D eigenvalue weighted by atomic mass is 15.0. The average Bonchev–Trinajstić information content (AvgIpc) is 3.37. The van der Waals surface area contributed by atoms with Gasteiger partial charge in [0.05, 0.1) is 0 Å². The van der Waals surface area contributed by atoms with Crippen LogP contribution in [0.5, 0.6) is 0 Å². The van der Waals surface area contributed by atoms with Crippen LogP contribution in [0.15, 0.2) is 152 Å². The molecule has 0 unspecified atom stereocenters. The number of nitrogens with zero attached hydrogens (tertiary/aromatic N) is 3. The van der Waals surface area contributed by atoms with E-state index in [1.807, 2.05) is 18.2 Å². The molecule has 0 saturated heterocycles. The molecule has 47 heavy (non-hydrogen) atoms. The zero-order valence-electron chi connectivity index (χ0n) is 26.3. The summed E-state index contributed by atoms with van der Waals surface area (Å²) in [7, 11) is 0. The van der Waals surface area contributed by atoms with Crippen LogP contribution < -0.4 is 0 Å². The lowest BCUT2D eigenvalue weighted by molar-refractivity contribution is 0.661. The Morgan fingerprint density at radius 3 is 1.85 bits per heavy atom. The third-order valence-electron chi connectivity index (χ3n) is 9.67. The number of hydrogen-bond acceptors (Lipinski definition) is 3. The minimum atomic E-state index is -0.200. The Morgan fingerprint density at radius 2 is 1.00 bits per heavy atom. The average molecular weight is 602 g/mol. The van der Waals surface area contributed by atoms with Crippen LogP contribution in [0.2, 0.25) is 0 Å². The summed E-state index contributed by atoms with van der Waals surface area (Å²) in [6, 6.07) is 53.7. The van der Waals surface area contributed by atoms with Crippen LogP contribution in [0, 0.1) is 0 Å². The zero-order valence-corrected chi connectivity index (χ0v) is 26.3. The molecule has 1 aliphatic rings. The Labute approximate surface area is 274 Å². The molecule has 3 heteroatoms. The molecular weight excluding hydrogens is 571 g/mol. The standard InChI is InChI=1S/C44H31N3/c1-44(2)39-22-11-10-19-35(39)36-20-12-21-37(40(36)44)43-46-41(29-14-4-3-5-15-29)45-42(47-43)33-26-31-17-8-9-18-34(31)38(27-33)32-24-23-28-13-6-7-16-30(28)25-32/h3-27H,1-2H3. The molecule has 0 bridgehead atoms. The van der Waals surface area contributed by atoms with Gasteiger partial charge in [0, 0.05) is 22.1 Å². The molecule has 0 saturated carbocycles. The van der Waals surface area contributed by atoms with Gasteiger partial charge < -0.3 is 0 Å². The van der Waals surface area contributed by atoms with Crippen LogP contribution in [0.25, 0.3) is 78.0 Å². The number of aromatic nitrogens is 3. The smallest absolute Gasteiger partial charge is 0.164 e. The van der Waals surface area contributed by atoms with Crippen molar-refractivity contribution >= 4 is 21.5 Å². The molecule has 8 aromatic rings. The minimum Gasteiger partial charge on any atom is -0.208 e. The second-order valence-electron chi connectivity index (χ2n) is 12.9. The topological polar surface area (TPSA) is 38.7 Å². The third-order valence-corrected chi connectivity index (χ3v) is 9.67. The Kier molecular flexibility index (Phi) is 6.16. The summed E-state index contributed by atoms with van der Waals surface area (Å²) >= 11 is 0. The molecule has 0 N–H and O–H groups in total. The quantitative estimate of drug-likeness (QED) is 0.201. The van der Waals surface area contributed by atoms with Crippen molar-refractivity contribution in [2.45, 2.75) is 19.3 Å². The molecule has 0 aliphatic heterocycles. The van der Waals surface area contributed by atoms with E-state index in [0.717, 1.165) is 27.6 Å². The van der Waals surface area contributed by atoms with Crippen molar-refractivity contribution < 1.29 is 0 Å². The minimum absolute atomic E-state index is 0.200. The summed E-state index contributed by atoms with van der Waals surface area (Å²) in [4.78, 5) is 15.6. The summed E-state index contributed by atoms with van der Waals surface area (Å²) in [5, 5.41) is 4.79. The van der Waals surface area contributed by atoms with Crippen LogP contribution in [0.1, 0.15) is 25.0 Å². The van der Waals surface area contributed by atoms with Crippen LogP contribution in [-0.2, 0) is 5.41 Å². The van der Waals surface area contributed by atoms with Gasteiger partial charge in [-0.15, -0.1) is 0 Å². The number of benzene rings is 7. The number of rotatable bonds is 4. The first-order chi connectivity index (χ1) is 23.0. The van der Waals surface area contributed by atoms with Crippen molar-refractivity contribution in [2.24, 2.45) is 0 Å². The van der Waals surface area contributed by atoms with Gasteiger partial charge in [-0.05, 0) is 73.1 Å². The second-order valence-corrected chi connectivity index (χ2v) is 12.9. The molecule has 0 spiro atoms. The zero-order chi connectivity index (χ0) is 31.5. The second kappa shape index (κ2) is 10.6. The Morgan fingerprint density at radius 1 is 0.383 bits per heavy atom. The van der Waals surface area contributed by atoms with Crippen LogP contribution in [-0.4, -0.2) is 15.0 Å². The molecule has 1 heterocycles. The molecular formula is C44H31N3. The largest absolute Gasteiger partial charge is 0.208 e. The van der Waals surface area contributed by atoms with Crippen LogP contribution in [0.4, 0.5) is 0 Å². The molecule has 0 radical (unpaired) electrons. The molecule has 3 nitrogen and oxygen atoms in total. The first-order valence-electron chi connectivity index (χ1n) is 16.1. The SMILES string of the molecule is CC1(C)c2ccccc2-c2cccc(-c3nc(-c4ccccc4)nc(-c4cc(-c5ccc6ccccc6c5)c5ccccc5c4)n3)c21. The lowest BCUT2D eigenvalue weighted by atomic mass is 9.80. The van der Waals surface area contributed by atoms with Crippen molar-refractivity contribution in [2.75, 3.05) is 0 Å². The number of hydrogen-bond donors (Lipinski definition) is 0. The molecule has 1 aromatic heterocycles. The molecule has 222 valence electrons. The maximum atomic E-state index is 5.27. The fraction of sp³-hybridized carbons (Fsp3) is 0.0682. The van der Waals surface area contributed by atoms with Crippen molar-refractivity contribution in [3.8, 4) is 56.4 Å². The van der Waals surface area contributed by atoms with E-state index in [9.17, 15) is 0 Å². The molecule has 0 fully saturated rings. The third kappa shape index (κ3) is 4.46. The maximum Gasteiger partial charge on any atom is 0.164 e. The van der Waals surface area contributed by atoms with E-state index >= 15 is 0 Å². The van der Waals surface area contributed by atoms with Crippen molar-refractivity contribution in [3.63, 3.8) is 0 Å². The van der Waals surface area contributed by atoms with Crippen LogP contribution in [0.3, 0.4) is 0 Å². The van der Waals surface area contributed by atoms with Gasteiger partial charge in [0.15, 0.2) is 17.5 Å². The highest BCUT2D eigenvalue weighted by Crippen LogP contribution is 2.51. The highest BCUT2D eigenvalue weighted by Gasteiger charge is 2.38. The van der Waals surface area contributed by atoms with E-state index < -0.39 is 0 Å². The first kappa shape index (κ1) is 27.4. The monoisotopic (exact) mass is 601 g/mol. The molecule has 1 aliphatic carbocycles. The maximum absolute atomic E-state index is 5.27. The first-order valence-corrected chi connectivity index (χ1v) is 16.1. The normalized spacial score (nSPS) is 13.1. The number of fused-ring (bicyclic) bond motifs is 5. The van der Waals surface area contributed by atoms with Gasteiger partial charge in [0.25, 0.3) is 0 Å². The van der Waals surface area contributed by atoms with Crippen molar-refractivity contribution in [3.05, 3.63) is 163 Å². The summed E-state index contributed by atoms with van der Waals surface area (Å²) < 4.78 is 0. The van der Waals surface area contributed by atoms with Crippen molar-refractivity contribution in [1.29, 1.82) is 0 Å². The van der Waals surface area contributed by atoms with Crippen molar-refractivity contribution in [1.82, 2.24) is 15.0 Å². The summed E-state index contributed by atoms with van der Waals surface area (Å²) in [5.41, 5.74) is 10.2. The van der Waals surface area contributed by atoms with Crippen LogP contribution >= 0.6 is 0 Å². The van der Waals surface area contributed by atoms with E-state index in [2.05, 4.69) is 147 Å². The highest BCUT2D eigenvalue weighted by molar-refractivity contribution is 6.01. The van der Waals surface area contributed by atoms with E-state index in [1.165, 1.54) is 44.0 Å². The van der Waals surface area contributed by atoms with Gasteiger partial charge in [-0.25, -0.2) is 15.0 Å². The van der Waals surface area contributed by atoms with Gasteiger partial charge >= 0.3 is 0 Å². The Balaban J connectivity index is 1.29. The Hall–Kier alpha value is -5.93. The van der Waals surface area contributed by atoms with Gasteiger partial charge in [-0.1, -0.05) is 147 Å². The van der Waals surface area contributed by atoms with E-state index in [4.69, 9.17) is 15.0 Å². The summed E-state index contributed by atoms with van der Waals surface area (Å²) in [5.74, 6) is 2.01. The van der Waals surface area contributed by atoms with Gasteiger partial charge in [-0.3, -0.25) is 0 Å². The van der Waals surface area contributed by atoms with Gasteiger partial charge in [-0.2, -0.15) is 0 Å². The molecule has 7 aromatic carbocycles. The summed E-state index contributed by atoms with van der Waals surface area (Å²) in [6.45, 7) is 4.61. The van der Waals surface area contributed by atoms with E-state index in [1.54, 1.807) is 0 Å². The lowest BCUT2D eigenvalue weighted by Crippen LogP contribution is -2.17. The summed E-state index contributed by atoms with van der Waals surface area (Å²) in [6.07, 6.45) is 0. The van der Waals surface area contributed by atoms with E-state index in [0.29, 0.717) is 17.5 Å². The fourth-order valence-corrected chi connectivity index (χ4v) is 7.41. The predicted octanol–water partition coefficient (Wildman–Crippen LogP) is 11.2. The molecule has 0 atom stereocenters. The fourth-order valence-electron chi connectivity index (χ4n) is 7.41. The van der Waals surface area contributed by atoms with E-state index in [-0.39, 0.29) is 5.41 Å². The predicted molar refractivity (Wildman–Crippen MR) is 194 cm³/mol. The van der Waals surface area contributed by atoms with Gasteiger partial charge in [0.1, 0.15) is 0 Å². The molecule has 0 amide bonds. The lowest BCUT2D eigenvalue weighted by Gasteiger charge is -2.24.